The van der Waals surface area contributed by atoms with Crippen molar-refractivity contribution < 1.29 is 22.2 Å². The fraction of sp³-hybridized carbons (Fsp3) is 0.955. The minimum absolute atomic E-state index is 0.0216. The third kappa shape index (κ3) is 20.3. The molecule has 0 aliphatic rings. The van der Waals surface area contributed by atoms with Crippen molar-refractivity contribution in [2.75, 3.05) is 31.9 Å². The molecule has 28 heavy (non-hydrogen) atoms. The fourth-order valence-corrected chi connectivity index (χ4v) is 3.86. The number of nitrogens with zero attached hydrogens (tertiary/aromatic N) is 1. The van der Waals surface area contributed by atoms with Gasteiger partial charge in [0.25, 0.3) is 0 Å². The molecule has 0 N–H and O–H groups in total. The van der Waals surface area contributed by atoms with E-state index in [1.165, 1.54) is 89.0 Å². The van der Waals surface area contributed by atoms with E-state index in [9.17, 15) is 17.8 Å². The standard InChI is InChI=1S/C16H36N.C6H12O4S/c1-5-9-13-17(14-10-6-2,15-11-7-3)16-12-8-4;1-6(7)4-2-3-5-11(8,9)10/h5-16H2,1-4H3;2-5H2,1H3,(H,8,9,10)/q+1;/p-1. The molecule has 0 aliphatic heterocycles. The molecule has 0 fully saturated rings. The summed E-state index contributed by atoms with van der Waals surface area (Å²) >= 11 is 0. The smallest absolute Gasteiger partial charge is 0.129 e. The molecule has 0 aromatic heterocycles. The lowest BCUT2D eigenvalue weighted by atomic mass is 10.1. The summed E-state index contributed by atoms with van der Waals surface area (Å²) in [5, 5.41) is 0. The monoisotopic (exact) mass is 421 g/mol. The zero-order chi connectivity index (χ0) is 21.9. The Bertz CT molecular complexity index is 426. The lowest BCUT2D eigenvalue weighted by Crippen LogP contribution is -2.50. The van der Waals surface area contributed by atoms with E-state index in [2.05, 4.69) is 27.7 Å². The van der Waals surface area contributed by atoms with Crippen LogP contribution in [0.4, 0.5) is 0 Å². The Kier molecular flexibility index (Phi) is 19.7. The van der Waals surface area contributed by atoms with Gasteiger partial charge in [-0.05, 0) is 45.4 Å². The molecule has 0 radical (unpaired) electrons. The SMILES string of the molecule is CC(=O)CCCCS(=O)(=O)[O-].CCCC[N+](CCCC)(CCCC)CCCC. The van der Waals surface area contributed by atoms with Crippen LogP contribution in [0.1, 0.15) is 105 Å². The van der Waals surface area contributed by atoms with Gasteiger partial charge in [-0.25, -0.2) is 8.42 Å². The number of hydrogen-bond donors (Lipinski definition) is 0. The summed E-state index contributed by atoms with van der Waals surface area (Å²) in [6.07, 6.45) is 12.2. The summed E-state index contributed by atoms with van der Waals surface area (Å²) in [5.74, 6) is -0.339. The number of Topliss-reactive ketones (excluding diaryl/α,β-unsaturated/α-hetero) is 1. The van der Waals surface area contributed by atoms with Crippen LogP contribution >= 0.6 is 0 Å². The zero-order valence-electron chi connectivity index (χ0n) is 19.3. The van der Waals surface area contributed by atoms with Gasteiger partial charge in [0.1, 0.15) is 5.78 Å². The van der Waals surface area contributed by atoms with E-state index in [-0.39, 0.29) is 18.0 Å². The van der Waals surface area contributed by atoms with E-state index in [4.69, 9.17) is 0 Å². The highest BCUT2D eigenvalue weighted by Crippen LogP contribution is 2.16. The van der Waals surface area contributed by atoms with Crippen LogP contribution in [0.5, 0.6) is 0 Å². The Labute approximate surface area is 175 Å². The molecule has 0 saturated heterocycles. The first-order valence-corrected chi connectivity index (χ1v) is 13.0. The molecule has 0 aliphatic carbocycles. The number of rotatable bonds is 17. The lowest BCUT2D eigenvalue weighted by molar-refractivity contribution is -0.929. The molecular formula is C22H47NO4S. The van der Waals surface area contributed by atoms with Crippen molar-refractivity contribution in [2.24, 2.45) is 0 Å². The Morgan fingerprint density at radius 2 is 1.07 bits per heavy atom. The first-order chi connectivity index (χ1) is 13.2. The van der Waals surface area contributed by atoms with Gasteiger partial charge in [0.15, 0.2) is 0 Å². The predicted octanol–water partition coefficient (Wildman–Crippen LogP) is 5.29. The molecular weight excluding hydrogens is 374 g/mol. The molecule has 0 bridgehead atoms. The average molecular weight is 422 g/mol. The molecule has 0 rings (SSSR count). The van der Waals surface area contributed by atoms with Crippen LogP contribution in [0.25, 0.3) is 0 Å². The second-order valence-corrected chi connectivity index (χ2v) is 9.59. The maximum Gasteiger partial charge on any atom is 0.129 e. The molecule has 0 heterocycles. The Morgan fingerprint density at radius 3 is 1.32 bits per heavy atom. The highest BCUT2D eigenvalue weighted by Gasteiger charge is 2.24. The third-order valence-electron chi connectivity index (χ3n) is 5.12. The molecule has 0 spiro atoms. The van der Waals surface area contributed by atoms with Crippen molar-refractivity contribution in [1.82, 2.24) is 0 Å². The van der Waals surface area contributed by atoms with E-state index in [0.717, 1.165) is 0 Å². The number of ketones is 1. The number of carbonyl (C=O) groups excluding carboxylic acids is 1. The number of unbranched alkanes of at least 4 members (excludes halogenated alkanes) is 5. The first-order valence-electron chi connectivity index (χ1n) is 11.4. The van der Waals surface area contributed by atoms with Gasteiger partial charge in [-0.1, -0.05) is 53.4 Å². The van der Waals surface area contributed by atoms with Crippen LogP contribution in [-0.2, 0) is 14.9 Å². The van der Waals surface area contributed by atoms with Crippen molar-refractivity contribution in [3.63, 3.8) is 0 Å². The largest absolute Gasteiger partial charge is 0.748 e. The highest BCUT2D eigenvalue weighted by atomic mass is 32.2. The summed E-state index contributed by atoms with van der Waals surface area (Å²) in [4.78, 5) is 10.3. The van der Waals surface area contributed by atoms with E-state index < -0.39 is 10.1 Å². The molecule has 5 nitrogen and oxygen atoms in total. The third-order valence-corrected chi connectivity index (χ3v) is 5.91. The predicted molar refractivity (Wildman–Crippen MR) is 118 cm³/mol. The molecule has 0 atom stereocenters. The molecule has 6 heteroatoms. The van der Waals surface area contributed by atoms with Gasteiger partial charge in [0, 0.05) is 12.2 Å². The second-order valence-electron chi connectivity index (χ2n) is 8.07. The van der Waals surface area contributed by atoms with Crippen LogP contribution < -0.4 is 0 Å². The second kappa shape index (κ2) is 18.6. The van der Waals surface area contributed by atoms with Crippen LogP contribution in [0, 0.1) is 0 Å². The van der Waals surface area contributed by atoms with Crippen molar-refractivity contribution in [2.45, 2.75) is 105 Å². The van der Waals surface area contributed by atoms with Crippen molar-refractivity contribution in [3.05, 3.63) is 0 Å². The van der Waals surface area contributed by atoms with E-state index in [0.29, 0.717) is 12.8 Å². The van der Waals surface area contributed by atoms with Crippen molar-refractivity contribution in [1.29, 1.82) is 0 Å². The Hall–Kier alpha value is -0.460. The molecule has 0 unspecified atom stereocenters. The van der Waals surface area contributed by atoms with Gasteiger partial charge in [-0.2, -0.15) is 0 Å². The van der Waals surface area contributed by atoms with Gasteiger partial charge in [0.05, 0.1) is 36.3 Å². The zero-order valence-corrected chi connectivity index (χ0v) is 20.1. The van der Waals surface area contributed by atoms with Gasteiger partial charge < -0.3 is 13.8 Å². The fourth-order valence-electron chi connectivity index (χ4n) is 3.30. The maximum atomic E-state index is 10.3. The summed E-state index contributed by atoms with van der Waals surface area (Å²) in [5.41, 5.74) is 0. The number of hydrogen-bond acceptors (Lipinski definition) is 4. The number of quaternary nitrogens is 1. The lowest BCUT2D eigenvalue weighted by Gasteiger charge is -2.39. The maximum absolute atomic E-state index is 10.3. The van der Waals surface area contributed by atoms with Gasteiger partial charge in [0.2, 0.25) is 0 Å². The topological polar surface area (TPSA) is 74.3 Å². The van der Waals surface area contributed by atoms with Gasteiger partial charge >= 0.3 is 0 Å². The van der Waals surface area contributed by atoms with E-state index in [1.54, 1.807) is 0 Å². The first kappa shape index (κ1) is 29.7. The van der Waals surface area contributed by atoms with Crippen LogP contribution in [-0.4, -0.2) is 55.2 Å². The highest BCUT2D eigenvalue weighted by molar-refractivity contribution is 7.85. The van der Waals surface area contributed by atoms with Crippen LogP contribution in [0.2, 0.25) is 0 Å². The van der Waals surface area contributed by atoms with Crippen LogP contribution in [0.15, 0.2) is 0 Å². The van der Waals surface area contributed by atoms with E-state index in [1.807, 2.05) is 0 Å². The Balaban J connectivity index is 0. The molecule has 0 aromatic carbocycles. The molecule has 0 saturated carbocycles. The summed E-state index contributed by atoms with van der Waals surface area (Å²) in [6.45, 7) is 16.5. The van der Waals surface area contributed by atoms with Crippen molar-refractivity contribution >= 4 is 15.9 Å². The minimum atomic E-state index is -4.08. The summed E-state index contributed by atoms with van der Waals surface area (Å²) < 4.78 is 31.5. The molecule has 0 amide bonds. The summed E-state index contributed by atoms with van der Waals surface area (Å²) in [6, 6.07) is 0. The summed E-state index contributed by atoms with van der Waals surface area (Å²) in [7, 11) is -4.08. The Morgan fingerprint density at radius 1 is 0.714 bits per heavy atom. The molecule has 0 aromatic rings. The van der Waals surface area contributed by atoms with Gasteiger partial charge in [-0.3, -0.25) is 0 Å². The van der Waals surface area contributed by atoms with Crippen LogP contribution in [0.3, 0.4) is 0 Å². The normalized spacial score (nSPS) is 11.8. The average Bonchev–Trinajstić information content (AvgIpc) is 2.64. The minimum Gasteiger partial charge on any atom is -0.748 e. The van der Waals surface area contributed by atoms with E-state index >= 15 is 0 Å². The number of carbonyl (C=O) groups is 1. The van der Waals surface area contributed by atoms with Crippen molar-refractivity contribution in [3.8, 4) is 0 Å². The van der Waals surface area contributed by atoms with Gasteiger partial charge in [-0.15, -0.1) is 0 Å². The quantitative estimate of drug-likeness (QED) is 0.181. The molecule has 170 valence electrons.